The van der Waals surface area contributed by atoms with E-state index in [-0.39, 0.29) is 0 Å². The Bertz CT molecular complexity index is 1610. The van der Waals surface area contributed by atoms with Gasteiger partial charge in [0.1, 0.15) is 23.0 Å². The Labute approximate surface area is 397 Å². The van der Waals surface area contributed by atoms with Crippen molar-refractivity contribution in [3.05, 3.63) is 94.2 Å². The summed E-state index contributed by atoms with van der Waals surface area (Å²) >= 11 is 0. The van der Waals surface area contributed by atoms with Crippen molar-refractivity contribution in [2.24, 2.45) is 0 Å². The molecule has 6 rings (SSSR count). The molecule has 0 aliphatic rings. The molecule has 0 amide bonds. The molecule has 0 radical (unpaired) electrons. The highest BCUT2D eigenvalue weighted by atomic mass is 16.5. The van der Waals surface area contributed by atoms with Crippen LogP contribution in [0.1, 0.15) is 307 Å². The Morgan fingerprint density at radius 3 is 0.712 bits per heavy atom. The molecule has 6 aromatic rings. The van der Waals surface area contributed by atoms with Gasteiger partial charge in [0.2, 0.25) is 11.8 Å². The predicted octanol–water partition coefficient (Wildman–Crippen LogP) is 16.3. The first-order valence-corrected chi connectivity index (χ1v) is 24.2. The van der Waals surface area contributed by atoms with Crippen LogP contribution >= 0.6 is 0 Å². The standard InChI is InChI=1S/4C9H15NO.2C8H14N2O/c2*1-6(2)8-5-10-9(11-8)7(3)4;2*1-6(2)8-5-9(7(3)4)11-10-8;2*1-5(2)7-9-8(6(3)4)11-10-7/h4*5-7H,1-4H3;2*5-6H,1-4H3. The first-order valence-electron chi connectivity index (χ1n) is 24.2. The van der Waals surface area contributed by atoms with Gasteiger partial charge in [-0.1, -0.05) is 187 Å². The quantitative estimate of drug-likeness (QED) is 0.113. The molecule has 66 heavy (non-hydrogen) atoms. The third-order valence-corrected chi connectivity index (χ3v) is 9.56. The summed E-state index contributed by atoms with van der Waals surface area (Å²) in [6, 6.07) is 4.07. The second-order valence-electron chi connectivity index (χ2n) is 20.3. The molecule has 0 saturated carbocycles. The van der Waals surface area contributed by atoms with E-state index < -0.39 is 0 Å². The molecule has 0 bridgehead atoms. The minimum atomic E-state index is 0.329. The minimum absolute atomic E-state index is 0.329. The molecule has 0 saturated heterocycles. The SMILES string of the molecule is CC(C)c1cc(C(C)C)on1.CC(C)c1cc(C(C)C)on1.CC(C)c1cnc(C(C)C)o1.CC(C)c1cnc(C(C)C)o1.CC(C)c1noc(C(C)C)n1.CC(C)c1noc(C(C)C)n1. The normalized spacial score (nSPS) is 11.5. The van der Waals surface area contributed by atoms with Crippen molar-refractivity contribution < 1.29 is 26.9 Å². The van der Waals surface area contributed by atoms with E-state index in [2.05, 4.69) is 179 Å². The van der Waals surface area contributed by atoms with Gasteiger partial charge in [-0.25, -0.2) is 9.97 Å². The lowest BCUT2D eigenvalue weighted by atomic mass is 10.1. The number of rotatable bonds is 12. The number of oxazole rings is 2. The summed E-state index contributed by atoms with van der Waals surface area (Å²) in [4.78, 5) is 16.8. The lowest BCUT2D eigenvalue weighted by Gasteiger charge is -1.98. The first-order chi connectivity index (χ1) is 30.7. The van der Waals surface area contributed by atoms with Crippen molar-refractivity contribution in [2.75, 3.05) is 0 Å². The van der Waals surface area contributed by atoms with Gasteiger partial charge in [0.15, 0.2) is 23.4 Å². The van der Waals surface area contributed by atoms with Gasteiger partial charge in [-0.2, -0.15) is 9.97 Å². The number of nitrogens with zero attached hydrogens (tertiary/aromatic N) is 8. The lowest BCUT2D eigenvalue weighted by Crippen LogP contribution is -1.91. The van der Waals surface area contributed by atoms with E-state index in [9.17, 15) is 0 Å². The lowest BCUT2D eigenvalue weighted by molar-refractivity contribution is 0.359. The van der Waals surface area contributed by atoms with E-state index in [4.69, 9.17) is 26.9 Å². The van der Waals surface area contributed by atoms with Gasteiger partial charge in [-0.15, -0.1) is 0 Å². The van der Waals surface area contributed by atoms with Crippen LogP contribution in [0.4, 0.5) is 0 Å². The molecule has 0 aromatic carbocycles. The maximum absolute atomic E-state index is 5.50. The summed E-state index contributed by atoms with van der Waals surface area (Å²) in [6.45, 7) is 49.9. The fourth-order valence-electron chi connectivity index (χ4n) is 4.80. The van der Waals surface area contributed by atoms with Crippen molar-refractivity contribution in [2.45, 2.75) is 237 Å². The summed E-state index contributed by atoms with van der Waals surface area (Å²) in [5.41, 5.74) is 2.10. The van der Waals surface area contributed by atoms with E-state index in [1.54, 1.807) is 0 Å². The van der Waals surface area contributed by atoms with Crippen molar-refractivity contribution >= 4 is 0 Å². The zero-order valence-corrected chi connectivity index (χ0v) is 45.3. The van der Waals surface area contributed by atoms with E-state index in [0.29, 0.717) is 71.0 Å². The maximum atomic E-state index is 5.50. The number of hydrogen-bond donors (Lipinski definition) is 0. The summed E-state index contributed by atoms with van der Waals surface area (Å²) in [7, 11) is 0. The van der Waals surface area contributed by atoms with Crippen LogP contribution in [0.3, 0.4) is 0 Å². The van der Waals surface area contributed by atoms with Crippen LogP contribution < -0.4 is 0 Å². The molecule has 372 valence electrons. The molecule has 0 N–H and O–H groups in total. The van der Waals surface area contributed by atoms with E-state index in [0.717, 1.165) is 69.6 Å². The fraction of sp³-hybridized carbons (Fsp3) is 0.692. The topological polar surface area (TPSA) is 182 Å². The zero-order valence-electron chi connectivity index (χ0n) is 45.3. The molecular weight excluding hydrogens is 833 g/mol. The van der Waals surface area contributed by atoms with Gasteiger partial charge in [0.25, 0.3) is 0 Å². The van der Waals surface area contributed by atoms with E-state index in [1.807, 2.05) is 52.2 Å². The highest BCUT2D eigenvalue weighted by Gasteiger charge is 2.15. The summed E-state index contributed by atoms with van der Waals surface area (Å²) in [6.07, 6.45) is 3.64. The Morgan fingerprint density at radius 1 is 0.288 bits per heavy atom. The van der Waals surface area contributed by atoms with Crippen LogP contribution in [-0.2, 0) is 0 Å². The largest absolute Gasteiger partial charge is 0.445 e. The van der Waals surface area contributed by atoms with Gasteiger partial charge in [-0.05, 0) is 11.8 Å². The highest BCUT2D eigenvalue weighted by Crippen LogP contribution is 2.23. The first kappa shape index (κ1) is 59.1. The monoisotopic (exact) mass is 921 g/mol. The van der Waals surface area contributed by atoms with Crippen LogP contribution in [0.2, 0.25) is 0 Å². The van der Waals surface area contributed by atoms with Crippen LogP contribution in [0.15, 0.2) is 51.5 Å². The number of aromatic nitrogens is 8. The highest BCUT2D eigenvalue weighted by molar-refractivity contribution is 5.12. The molecule has 0 unspecified atom stereocenters. The molecule has 6 heterocycles. The van der Waals surface area contributed by atoms with Gasteiger partial charge >= 0.3 is 0 Å². The molecule has 0 spiro atoms. The average molecular weight is 921 g/mol. The Hall–Kier alpha value is -4.88. The Balaban J connectivity index is 0.000000396. The second-order valence-corrected chi connectivity index (χ2v) is 20.3. The van der Waals surface area contributed by atoms with Crippen molar-refractivity contribution in [1.82, 2.24) is 40.6 Å². The van der Waals surface area contributed by atoms with E-state index >= 15 is 0 Å². The molecule has 6 aromatic heterocycles. The zero-order chi connectivity index (χ0) is 50.6. The van der Waals surface area contributed by atoms with Crippen molar-refractivity contribution in [1.29, 1.82) is 0 Å². The van der Waals surface area contributed by atoms with Crippen LogP contribution in [0, 0.1) is 0 Å². The second kappa shape index (κ2) is 29.0. The molecule has 14 heteroatoms. The summed E-state index contributed by atoms with van der Waals surface area (Å²) in [5.74, 6) is 13.5. The van der Waals surface area contributed by atoms with E-state index in [1.165, 1.54) is 0 Å². The molecular formula is C52H88N8O6. The smallest absolute Gasteiger partial charge is 0.229 e. The molecule has 0 aliphatic heterocycles. The molecule has 14 nitrogen and oxygen atoms in total. The Morgan fingerprint density at radius 2 is 0.576 bits per heavy atom. The Kier molecular flexibility index (Phi) is 26.0. The van der Waals surface area contributed by atoms with Crippen molar-refractivity contribution in [3.8, 4) is 0 Å². The molecule has 0 fully saturated rings. The number of hydrogen-bond acceptors (Lipinski definition) is 14. The average Bonchev–Trinajstić information content (AvgIpc) is 4.09. The molecule has 0 atom stereocenters. The summed E-state index contributed by atoms with van der Waals surface area (Å²) < 4.78 is 31.3. The van der Waals surface area contributed by atoms with Crippen LogP contribution in [0.5, 0.6) is 0 Å². The fourth-order valence-corrected chi connectivity index (χ4v) is 4.80. The van der Waals surface area contributed by atoms with Gasteiger partial charge in [0, 0.05) is 71.3 Å². The molecule has 0 aliphatic carbocycles. The third kappa shape index (κ3) is 21.2. The summed E-state index contributed by atoms with van der Waals surface area (Å²) in [5, 5.41) is 15.6. The predicted molar refractivity (Wildman–Crippen MR) is 264 cm³/mol. The van der Waals surface area contributed by atoms with Gasteiger partial charge in [0.05, 0.1) is 23.8 Å². The minimum Gasteiger partial charge on any atom is -0.445 e. The van der Waals surface area contributed by atoms with Crippen molar-refractivity contribution in [3.63, 3.8) is 0 Å². The van der Waals surface area contributed by atoms with Gasteiger partial charge in [-0.3, -0.25) is 0 Å². The van der Waals surface area contributed by atoms with Gasteiger partial charge < -0.3 is 26.9 Å². The third-order valence-electron chi connectivity index (χ3n) is 9.56. The van der Waals surface area contributed by atoms with Crippen LogP contribution in [-0.4, -0.2) is 40.6 Å². The van der Waals surface area contributed by atoms with Crippen LogP contribution in [0.25, 0.3) is 0 Å². The maximum Gasteiger partial charge on any atom is 0.229 e.